The van der Waals surface area contributed by atoms with Crippen molar-refractivity contribution in [3.8, 4) is 0 Å². The van der Waals surface area contributed by atoms with E-state index in [2.05, 4.69) is 10.3 Å². The van der Waals surface area contributed by atoms with Crippen LogP contribution in [0.2, 0.25) is 0 Å². The monoisotopic (exact) mass is 410 g/mol. The Kier molecular flexibility index (Phi) is 6.27. The number of pyridine rings is 1. The van der Waals surface area contributed by atoms with Gasteiger partial charge in [-0.15, -0.1) is 0 Å². The first-order valence-corrected chi connectivity index (χ1v) is 11.0. The molecular formula is C23H30N4O3. The fraction of sp³-hybridized carbons (Fsp3) is 0.565. The Morgan fingerprint density at radius 3 is 2.87 bits per heavy atom. The van der Waals surface area contributed by atoms with Gasteiger partial charge in [0, 0.05) is 37.2 Å². The maximum atomic E-state index is 12.9. The molecule has 0 radical (unpaired) electrons. The zero-order valence-electron chi connectivity index (χ0n) is 17.9. The lowest BCUT2D eigenvalue weighted by atomic mass is 9.95. The number of nitrogens with one attached hydrogen (secondary N) is 1. The van der Waals surface area contributed by atoms with Crippen LogP contribution in [0.4, 0.5) is 0 Å². The number of carbonyl (C=O) groups is 1. The standard InChI is InChI=1S/C23H30N4O3/c1-15-10-12-27(14-17-6-5-13-30-17)23(29)21(15)22(28)24-11-9-20-25-16(2)18-7-3-4-8-19(18)26-20/h10,12,17H,3-9,11,13-14H2,1-2H3,(H,24,28). The van der Waals surface area contributed by atoms with E-state index in [1.807, 2.05) is 13.0 Å². The molecule has 4 rings (SSSR count). The summed E-state index contributed by atoms with van der Waals surface area (Å²) in [6.45, 7) is 5.46. The summed E-state index contributed by atoms with van der Waals surface area (Å²) in [5, 5.41) is 2.89. The average Bonchev–Trinajstić information content (AvgIpc) is 3.23. The van der Waals surface area contributed by atoms with Gasteiger partial charge in [-0.2, -0.15) is 0 Å². The number of ether oxygens (including phenoxy) is 1. The third-order valence-corrected chi connectivity index (χ3v) is 6.10. The lowest BCUT2D eigenvalue weighted by Crippen LogP contribution is -2.36. The Morgan fingerprint density at radius 1 is 1.23 bits per heavy atom. The molecule has 30 heavy (non-hydrogen) atoms. The van der Waals surface area contributed by atoms with Gasteiger partial charge in [-0.1, -0.05) is 0 Å². The molecule has 1 unspecified atom stereocenters. The molecule has 1 N–H and O–H groups in total. The average molecular weight is 411 g/mol. The van der Waals surface area contributed by atoms with Crippen molar-refractivity contribution in [1.29, 1.82) is 0 Å². The van der Waals surface area contributed by atoms with Crippen LogP contribution in [0, 0.1) is 13.8 Å². The summed E-state index contributed by atoms with van der Waals surface area (Å²) in [6, 6.07) is 1.82. The van der Waals surface area contributed by atoms with Crippen LogP contribution in [0.15, 0.2) is 17.1 Å². The highest BCUT2D eigenvalue weighted by atomic mass is 16.5. The number of fused-ring (bicyclic) bond motifs is 1. The van der Waals surface area contributed by atoms with Crippen LogP contribution >= 0.6 is 0 Å². The van der Waals surface area contributed by atoms with Crippen LogP contribution in [0.1, 0.15) is 64.4 Å². The molecule has 0 bridgehead atoms. The van der Waals surface area contributed by atoms with Crippen LogP contribution in [0.5, 0.6) is 0 Å². The number of hydrogen-bond acceptors (Lipinski definition) is 5. The number of carbonyl (C=O) groups excluding carboxylic acids is 1. The van der Waals surface area contributed by atoms with Crippen LogP contribution < -0.4 is 10.9 Å². The molecule has 2 aliphatic rings. The zero-order valence-corrected chi connectivity index (χ0v) is 17.9. The number of aromatic nitrogens is 3. The number of hydrogen-bond donors (Lipinski definition) is 1. The summed E-state index contributed by atoms with van der Waals surface area (Å²) in [7, 11) is 0. The fourth-order valence-electron chi connectivity index (χ4n) is 4.43. The van der Waals surface area contributed by atoms with E-state index in [-0.39, 0.29) is 23.1 Å². The molecule has 1 saturated heterocycles. The van der Waals surface area contributed by atoms with Gasteiger partial charge in [-0.3, -0.25) is 9.59 Å². The summed E-state index contributed by atoms with van der Waals surface area (Å²) in [5.41, 5.74) is 4.13. The van der Waals surface area contributed by atoms with E-state index in [1.54, 1.807) is 17.7 Å². The van der Waals surface area contributed by atoms with Gasteiger partial charge in [0.15, 0.2) is 0 Å². The third kappa shape index (κ3) is 4.46. The van der Waals surface area contributed by atoms with Gasteiger partial charge in [0.1, 0.15) is 11.4 Å². The minimum Gasteiger partial charge on any atom is -0.376 e. The van der Waals surface area contributed by atoms with Gasteiger partial charge in [0.2, 0.25) is 0 Å². The van der Waals surface area contributed by atoms with Crippen molar-refractivity contribution < 1.29 is 9.53 Å². The largest absolute Gasteiger partial charge is 0.376 e. The van der Waals surface area contributed by atoms with Gasteiger partial charge in [-0.25, -0.2) is 9.97 Å². The Bertz CT molecular complexity index is 993. The predicted molar refractivity (Wildman–Crippen MR) is 114 cm³/mol. The fourth-order valence-corrected chi connectivity index (χ4v) is 4.43. The summed E-state index contributed by atoms with van der Waals surface area (Å²) in [5.74, 6) is 0.419. The summed E-state index contributed by atoms with van der Waals surface area (Å²) < 4.78 is 7.22. The molecule has 1 aliphatic carbocycles. The molecule has 1 aliphatic heterocycles. The van der Waals surface area contributed by atoms with E-state index in [9.17, 15) is 9.59 Å². The molecule has 0 saturated carbocycles. The molecule has 0 aromatic carbocycles. The van der Waals surface area contributed by atoms with Crippen molar-refractivity contribution in [2.45, 2.75) is 71.4 Å². The Balaban J connectivity index is 1.42. The highest BCUT2D eigenvalue weighted by molar-refractivity contribution is 5.95. The number of rotatable bonds is 6. The molecule has 0 spiro atoms. The predicted octanol–water partition coefficient (Wildman–Crippen LogP) is 2.29. The van der Waals surface area contributed by atoms with Gasteiger partial charge in [0.25, 0.3) is 11.5 Å². The van der Waals surface area contributed by atoms with E-state index in [1.165, 1.54) is 18.4 Å². The minimum atomic E-state index is -0.339. The second-order valence-electron chi connectivity index (χ2n) is 8.33. The van der Waals surface area contributed by atoms with Crippen LogP contribution in [-0.4, -0.2) is 39.7 Å². The molecular weight excluding hydrogens is 380 g/mol. The molecule has 1 atom stereocenters. The van der Waals surface area contributed by atoms with Crippen molar-refractivity contribution in [1.82, 2.24) is 19.9 Å². The van der Waals surface area contributed by atoms with E-state index in [0.29, 0.717) is 25.1 Å². The van der Waals surface area contributed by atoms with E-state index in [0.717, 1.165) is 49.5 Å². The second-order valence-corrected chi connectivity index (χ2v) is 8.33. The van der Waals surface area contributed by atoms with E-state index in [4.69, 9.17) is 9.72 Å². The first-order valence-electron chi connectivity index (χ1n) is 11.0. The Morgan fingerprint density at radius 2 is 2.07 bits per heavy atom. The smallest absolute Gasteiger partial charge is 0.263 e. The topological polar surface area (TPSA) is 86.1 Å². The normalized spacial score (nSPS) is 18.3. The van der Waals surface area contributed by atoms with Gasteiger partial charge < -0.3 is 14.6 Å². The third-order valence-electron chi connectivity index (χ3n) is 6.10. The summed E-state index contributed by atoms with van der Waals surface area (Å²) in [6.07, 6.45) is 8.75. The minimum absolute atomic E-state index is 0.0470. The number of nitrogens with zero attached hydrogens (tertiary/aromatic N) is 3. The first-order chi connectivity index (χ1) is 14.5. The Hall–Kier alpha value is -2.54. The lowest BCUT2D eigenvalue weighted by molar-refractivity contribution is 0.0930. The van der Waals surface area contributed by atoms with Crippen LogP contribution in [0.3, 0.4) is 0 Å². The van der Waals surface area contributed by atoms with E-state index < -0.39 is 0 Å². The second kappa shape index (κ2) is 9.08. The highest BCUT2D eigenvalue weighted by Crippen LogP contribution is 2.21. The van der Waals surface area contributed by atoms with Gasteiger partial charge >= 0.3 is 0 Å². The molecule has 7 nitrogen and oxygen atoms in total. The van der Waals surface area contributed by atoms with Crippen LogP contribution in [-0.2, 0) is 30.5 Å². The molecule has 2 aromatic heterocycles. The van der Waals surface area contributed by atoms with Crippen molar-refractivity contribution in [3.63, 3.8) is 0 Å². The zero-order chi connectivity index (χ0) is 21.1. The summed E-state index contributed by atoms with van der Waals surface area (Å²) in [4.78, 5) is 35.0. The maximum Gasteiger partial charge on any atom is 0.263 e. The first kappa shape index (κ1) is 20.7. The molecule has 160 valence electrons. The Labute approximate surface area is 176 Å². The van der Waals surface area contributed by atoms with Crippen molar-refractivity contribution in [2.75, 3.05) is 13.2 Å². The SMILES string of the molecule is Cc1ccn(CC2CCCO2)c(=O)c1C(=O)NCCc1nc(C)c2c(n1)CCCC2. The molecule has 1 amide bonds. The highest BCUT2D eigenvalue weighted by Gasteiger charge is 2.20. The van der Waals surface area contributed by atoms with Crippen molar-refractivity contribution in [3.05, 3.63) is 56.5 Å². The van der Waals surface area contributed by atoms with Crippen molar-refractivity contribution in [2.24, 2.45) is 0 Å². The van der Waals surface area contributed by atoms with Crippen molar-refractivity contribution >= 4 is 5.91 Å². The number of aryl methyl sites for hydroxylation is 3. The molecule has 2 aromatic rings. The molecule has 7 heteroatoms. The molecule has 1 fully saturated rings. The quantitative estimate of drug-likeness (QED) is 0.790. The summed E-state index contributed by atoms with van der Waals surface area (Å²) >= 11 is 0. The maximum absolute atomic E-state index is 12.9. The van der Waals surface area contributed by atoms with Gasteiger partial charge in [-0.05, 0) is 69.6 Å². The van der Waals surface area contributed by atoms with Gasteiger partial charge in [0.05, 0.1) is 12.6 Å². The van der Waals surface area contributed by atoms with Crippen LogP contribution in [0.25, 0.3) is 0 Å². The number of amides is 1. The lowest BCUT2D eigenvalue weighted by Gasteiger charge is -2.17. The molecule has 3 heterocycles. The van der Waals surface area contributed by atoms with E-state index >= 15 is 0 Å².